The molecule has 1 rings (SSSR count). The number of aliphatic hydroxyl groups is 2. The number of sulfonamides is 1. The predicted molar refractivity (Wildman–Crippen MR) is 81.5 cm³/mol. The van der Waals surface area contributed by atoms with E-state index in [9.17, 15) is 13.5 Å². The number of nitrogens with zero attached hydrogens (tertiary/aromatic N) is 1. The van der Waals surface area contributed by atoms with Gasteiger partial charge < -0.3 is 10.2 Å². The third kappa shape index (κ3) is 3.96. The van der Waals surface area contributed by atoms with Crippen molar-refractivity contribution in [3.05, 3.63) is 28.8 Å². The van der Waals surface area contributed by atoms with Gasteiger partial charge in [-0.3, -0.25) is 0 Å². The van der Waals surface area contributed by atoms with Gasteiger partial charge in [0, 0.05) is 12.6 Å². The van der Waals surface area contributed by atoms with Crippen molar-refractivity contribution in [1.29, 1.82) is 0 Å². The van der Waals surface area contributed by atoms with Crippen LogP contribution in [0, 0.1) is 11.8 Å². The number of likely N-dealkylation sites (N-methyl/N-ethyl adjacent to an activating group) is 1. The summed E-state index contributed by atoms with van der Waals surface area (Å²) in [6, 6.07) is 4.31. The Morgan fingerprint density at radius 3 is 2.43 bits per heavy atom. The van der Waals surface area contributed by atoms with Crippen LogP contribution < -0.4 is 0 Å². The van der Waals surface area contributed by atoms with Gasteiger partial charge in [-0.15, -0.1) is 0 Å². The monoisotopic (exact) mass is 331 g/mol. The topological polar surface area (TPSA) is 77.8 Å². The van der Waals surface area contributed by atoms with Gasteiger partial charge in [-0.25, -0.2) is 8.42 Å². The number of hydrogen-bond donors (Lipinski definition) is 2. The lowest BCUT2D eigenvalue weighted by Gasteiger charge is -2.33. The maximum absolute atomic E-state index is 12.5. The van der Waals surface area contributed by atoms with Gasteiger partial charge in [0.15, 0.2) is 0 Å². The molecule has 0 radical (unpaired) electrons. The van der Waals surface area contributed by atoms with Crippen molar-refractivity contribution in [2.45, 2.75) is 24.3 Å². The molecule has 0 aliphatic carbocycles. The summed E-state index contributed by atoms with van der Waals surface area (Å²) in [5.74, 6) is 5.11. The van der Waals surface area contributed by atoms with Crippen LogP contribution in [0.4, 0.5) is 0 Å². The van der Waals surface area contributed by atoms with E-state index in [0.717, 1.165) is 4.31 Å². The second-order valence-electron chi connectivity index (χ2n) is 5.05. The minimum Gasteiger partial charge on any atom is -0.394 e. The van der Waals surface area contributed by atoms with Crippen molar-refractivity contribution in [3.8, 4) is 11.8 Å². The molecule has 0 unspecified atom stereocenters. The summed E-state index contributed by atoms with van der Waals surface area (Å²) in [6.07, 6.45) is 0. The normalized spacial score (nSPS) is 12.1. The van der Waals surface area contributed by atoms with Crippen LogP contribution in [0.1, 0.15) is 19.4 Å². The molecule has 7 heteroatoms. The zero-order chi connectivity index (χ0) is 16.3. The van der Waals surface area contributed by atoms with Crippen molar-refractivity contribution < 1.29 is 18.6 Å². The average Bonchev–Trinajstić information content (AvgIpc) is 2.43. The summed E-state index contributed by atoms with van der Waals surface area (Å²) in [4.78, 5) is -0.0530. The molecule has 1 aromatic carbocycles. The standard InChI is InChI=1S/C14H18ClNO4S/c1-14(2,10-18)16(3)21(19,20)13-7-6-11(5-4-8-17)9-12(13)15/h6-7,9,17-18H,8,10H2,1-3H3. The highest BCUT2D eigenvalue weighted by molar-refractivity contribution is 7.89. The Labute approximate surface area is 130 Å². The maximum Gasteiger partial charge on any atom is 0.244 e. The largest absolute Gasteiger partial charge is 0.394 e. The molecule has 0 atom stereocenters. The van der Waals surface area contributed by atoms with Crippen LogP contribution in [-0.4, -0.2) is 48.7 Å². The summed E-state index contributed by atoms with van der Waals surface area (Å²) in [7, 11) is -2.44. The van der Waals surface area contributed by atoms with E-state index in [1.807, 2.05) is 0 Å². The number of rotatable bonds is 4. The molecule has 0 heterocycles. The molecule has 2 N–H and O–H groups in total. The van der Waals surface area contributed by atoms with Gasteiger partial charge >= 0.3 is 0 Å². The second kappa shape index (κ2) is 6.77. The lowest BCUT2D eigenvalue weighted by Crippen LogP contribution is -2.47. The van der Waals surface area contributed by atoms with Gasteiger partial charge in [0.1, 0.15) is 11.5 Å². The van der Waals surface area contributed by atoms with Crippen LogP contribution in [0.2, 0.25) is 5.02 Å². The van der Waals surface area contributed by atoms with Crippen LogP contribution in [0.15, 0.2) is 23.1 Å². The van der Waals surface area contributed by atoms with Gasteiger partial charge in [-0.05, 0) is 32.0 Å². The van der Waals surface area contributed by atoms with Crippen LogP contribution in [0.5, 0.6) is 0 Å². The molecule has 0 fully saturated rings. The lowest BCUT2D eigenvalue weighted by atomic mass is 10.1. The summed E-state index contributed by atoms with van der Waals surface area (Å²) in [5, 5.41) is 18.0. The van der Waals surface area contributed by atoms with E-state index in [4.69, 9.17) is 16.7 Å². The van der Waals surface area contributed by atoms with Crippen LogP contribution in [0.3, 0.4) is 0 Å². The summed E-state index contributed by atoms with van der Waals surface area (Å²) < 4.78 is 26.2. The van der Waals surface area contributed by atoms with Gasteiger partial charge in [0.25, 0.3) is 0 Å². The molecular formula is C14H18ClNO4S. The Hall–Kier alpha value is -1.10. The number of hydrogen-bond acceptors (Lipinski definition) is 4. The van der Waals surface area contributed by atoms with Crippen molar-refractivity contribution in [2.24, 2.45) is 0 Å². The van der Waals surface area contributed by atoms with Gasteiger partial charge in [-0.1, -0.05) is 23.4 Å². The van der Waals surface area contributed by atoms with E-state index in [0.29, 0.717) is 5.56 Å². The first kappa shape index (κ1) is 18.0. The SMILES string of the molecule is CN(C(C)(C)CO)S(=O)(=O)c1ccc(C#CCO)cc1Cl. The Balaban J connectivity index is 3.27. The molecule has 0 bridgehead atoms. The summed E-state index contributed by atoms with van der Waals surface area (Å²) in [5.41, 5.74) is -0.436. The minimum absolute atomic E-state index is 0.0420. The Morgan fingerprint density at radius 2 is 1.95 bits per heavy atom. The van der Waals surface area contributed by atoms with E-state index in [2.05, 4.69) is 11.8 Å². The second-order valence-corrected chi connectivity index (χ2v) is 7.39. The molecule has 0 amide bonds. The van der Waals surface area contributed by atoms with E-state index in [1.54, 1.807) is 13.8 Å². The molecule has 0 aliphatic rings. The zero-order valence-corrected chi connectivity index (χ0v) is 13.7. The fourth-order valence-corrected chi connectivity index (χ4v) is 3.52. The molecule has 0 spiro atoms. The fraction of sp³-hybridized carbons (Fsp3) is 0.429. The van der Waals surface area contributed by atoms with Crippen LogP contribution >= 0.6 is 11.6 Å². The fourth-order valence-electron chi connectivity index (χ4n) is 1.50. The quantitative estimate of drug-likeness (QED) is 0.809. The highest BCUT2D eigenvalue weighted by Gasteiger charge is 2.34. The van der Waals surface area contributed by atoms with Crippen molar-refractivity contribution in [2.75, 3.05) is 20.3 Å². The molecule has 1 aromatic rings. The third-order valence-corrected chi connectivity index (χ3v) is 5.67. The van der Waals surface area contributed by atoms with Gasteiger partial charge in [0.05, 0.1) is 17.2 Å². The van der Waals surface area contributed by atoms with Crippen molar-refractivity contribution >= 4 is 21.6 Å². The highest BCUT2D eigenvalue weighted by Crippen LogP contribution is 2.28. The maximum atomic E-state index is 12.5. The number of aliphatic hydroxyl groups excluding tert-OH is 2. The first-order valence-corrected chi connectivity index (χ1v) is 7.98. The predicted octanol–water partition coefficient (Wildman–Crippen LogP) is 1.08. The van der Waals surface area contributed by atoms with Crippen LogP contribution in [-0.2, 0) is 10.0 Å². The third-order valence-electron chi connectivity index (χ3n) is 3.12. The molecular weight excluding hydrogens is 314 g/mol. The first-order valence-electron chi connectivity index (χ1n) is 6.16. The van der Waals surface area contributed by atoms with E-state index in [1.165, 1.54) is 25.2 Å². The average molecular weight is 332 g/mol. The Kier molecular flexibility index (Phi) is 5.79. The smallest absolute Gasteiger partial charge is 0.244 e. The Morgan fingerprint density at radius 1 is 1.33 bits per heavy atom. The number of halogens is 1. The zero-order valence-electron chi connectivity index (χ0n) is 12.1. The molecule has 0 saturated carbocycles. The first-order chi connectivity index (χ1) is 9.66. The molecule has 0 aliphatic heterocycles. The highest BCUT2D eigenvalue weighted by atomic mass is 35.5. The number of benzene rings is 1. The molecule has 116 valence electrons. The van der Waals surface area contributed by atoms with Gasteiger partial charge in [0.2, 0.25) is 10.0 Å². The van der Waals surface area contributed by atoms with E-state index < -0.39 is 15.6 Å². The van der Waals surface area contributed by atoms with Crippen LogP contribution in [0.25, 0.3) is 0 Å². The van der Waals surface area contributed by atoms with E-state index >= 15 is 0 Å². The van der Waals surface area contributed by atoms with Gasteiger partial charge in [-0.2, -0.15) is 4.31 Å². The molecule has 21 heavy (non-hydrogen) atoms. The Bertz CT molecular complexity index is 674. The van der Waals surface area contributed by atoms with Crippen molar-refractivity contribution in [3.63, 3.8) is 0 Å². The molecule has 0 saturated heterocycles. The summed E-state index contributed by atoms with van der Waals surface area (Å²) >= 11 is 6.03. The van der Waals surface area contributed by atoms with Crippen molar-refractivity contribution in [1.82, 2.24) is 4.31 Å². The summed E-state index contributed by atoms with van der Waals surface area (Å²) in [6.45, 7) is 2.62. The lowest BCUT2D eigenvalue weighted by molar-refractivity contribution is 0.138. The molecule has 5 nitrogen and oxygen atoms in total. The molecule has 0 aromatic heterocycles. The van der Waals surface area contributed by atoms with E-state index in [-0.39, 0.29) is 23.1 Å². The minimum atomic E-state index is -3.83.